The number of fused-ring (bicyclic) bond motifs is 1. The lowest BCUT2D eigenvalue weighted by Crippen LogP contribution is -2.31. The number of nitrogens with two attached hydrogens (primary N) is 1. The Balaban J connectivity index is 1.95. The maximum Gasteiger partial charge on any atom is 0.123 e. The maximum atomic E-state index is 13.4. The van der Waals surface area contributed by atoms with Gasteiger partial charge in [0.1, 0.15) is 5.82 Å². The summed E-state index contributed by atoms with van der Waals surface area (Å²) in [7, 11) is 0. The van der Waals surface area contributed by atoms with Crippen LogP contribution in [0.3, 0.4) is 0 Å². The van der Waals surface area contributed by atoms with E-state index in [-0.39, 0.29) is 11.9 Å². The summed E-state index contributed by atoms with van der Waals surface area (Å²) >= 11 is 0. The average molecular weight is 270 g/mol. The smallest absolute Gasteiger partial charge is 0.123 e. The van der Waals surface area contributed by atoms with Crippen LogP contribution in [0.25, 0.3) is 0 Å². The summed E-state index contributed by atoms with van der Waals surface area (Å²) in [6, 6.07) is 13.3. The number of benzene rings is 2. The van der Waals surface area contributed by atoms with E-state index >= 15 is 0 Å². The fourth-order valence-corrected chi connectivity index (χ4v) is 2.88. The number of rotatable bonds is 2. The van der Waals surface area contributed by atoms with E-state index < -0.39 is 0 Å². The number of halogens is 1. The average Bonchev–Trinajstić information content (AvgIpc) is 2.46. The van der Waals surface area contributed by atoms with E-state index in [9.17, 15) is 4.39 Å². The van der Waals surface area contributed by atoms with Gasteiger partial charge in [0.05, 0.1) is 0 Å². The molecule has 104 valence electrons. The molecule has 2 aromatic rings. The quantitative estimate of drug-likeness (QED) is 0.906. The summed E-state index contributed by atoms with van der Waals surface area (Å²) < 4.78 is 13.4. The summed E-state index contributed by atoms with van der Waals surface area (Å²) in [6.45, 7) is 3.71. The normalized spacial score (nSPS) is 15.8. The Hall–Kier alpha value is -1.87. The van der Waals surface area contributed by atoms with Gasteiger partial charge in [-0.05, 0) is 48.2 Å². The highest BCUT2D eigenvalue weighted by Crippen LogP contribution is 2.30. The Morgan fingerprint density at radius 1 is 1.15 bits per heavy atom. The Labute approximate surface area is 119 Å². The molecule has 2 N–H and O–H groups in total. The minimum Gasteiger partial charge on any atom is -0.367 e. The standard InChI is InChI=1S/C17H19FN2/c1-12(19)16-10-15(18)6-7-17(16)20-9-8-13-4-2-3-5-14(13)11-20/h2-7,10,12H,8-9,11,19H2,1H3/t12-/m0/s1. The minimum atomic E-state index is -0.224. The molecular weight excluding hydrogens is 251 g/mol. The van der Waals surface area contributed by atoms with Crippen LogP contribution in [-0.4, -0.2) is 6.54 Å². The van der Waals surface area contributed by atoms with Gasteiger partial charge in [-0.25, -0.2) is 4.39 Å². The summed E-state index contributed by atoms with van der Waals surface area (Å²) in [5, 5.41) is 0. The number of anilines is 1. The second-order valence-corrected chi connectivity index (χ2v) is 5.43. The topological polar surface area (TPSA) is 29.3 Å². The first-order chi connectivity index (χ1) is 9.65. The van der Waals surface area contributed by atoms with Crippen molar-refractivity contribution in [3.63, 3.8) is 0 Å². The van der Waals surface area contributed by atoms with Crippen LogP contribution in [0.15, 0.2) is 42.5 Å². The van der Waals surface area contributed by atoms with Crippen molar-refractivity contribution >= 4 is 5.69 Å². The SMILES string of the molecule is C[C@H](N)c1cc(F)ccc1N1CCc2ccccc2C1. The third kappa shape index (κ3) is 2.41. The largest absolute Gasteiger partial charge is 0.367 e. The summed E-state index contributed by atoms with van der Waals surface area (Å²) in [6.07, 6.45) is 1.02. The molecule has 20 heavy (non-hydrogen) atoms. The minimum absolute atomic E-state index is 0.169. The van der Waals surface area contributed by atoms with Gasteiger partial charge in [-0.15, -0.1) is 0 Å². The van der Waals surface area contributed by atoms with Gasteiger partial charge in [0.25, 0.3) is 0 Å². The molecular formula is C17H19FN2. The number of hydrogen-bond donors (Lipinski definition) is 1. The van der Waals surface area contributed by atoms with E-state index in [4.69, 9.17) is 5.73 Å². The highest BCUT2D eigenvalue weighted by Gasteiger charge is 2.19. The predicted molar refractivity (Wildman–Crippen MR) is 80.2 cm³/mol. The lowest BCUT2D eigenvalue weighted by molar-refractivity contribution is 0.620. The molecule has 0 aromatic heterocycles. The van der Waals surface area contributed by atoms with Gasteiger partial charge in [0.15, 0.2) is 0 Å². The molecule has 1 aliphatic heterocycles. The van der Waals surface area contributed by atoms with E-state index in [1.165, 1.54) is 17.2 Å². The fourth-order valence-electron chi connectivity index (χ4n) is 2.88. The molecule has 0 spiro atoms. The van der Waals surface area contributed by atoms with Gasteiger partial charge < -0.3 is 10.6 Å². The molecule has 0 aliphatic carbocycles. The molecule has 2 aromatic carbocycles. The number of hydrogen-bond acceptors (Lipinski definition) is 2. The van der Waals surface area contributed by atoms with Gasteiger partial charge in [0.2, 0.25) is 0 Å². The zero-order valence-corrected chi connectivity index (χ0v) is 11.6. The summed E-state index contributed by atoms with van der Waals surface area (Å²) in [5.41, 5.74) is 10.7. The highest BCUT2D eigenvalue weighted by atomic mass is 19.1. The van der Waals surface area contributed by atoms with Crippen molar-refractivity contribution in [2.75, 3.05) is 11.4 Å². The van der Waals surface area contributed by atoms with Crippen molar-refractivity contribution in [1.29, 1.82) is 0 Å². The molecule has 0 unspecified atom stereocenters. The van der Waals surface area contributed by atoms with Crippen molar-refractivity contribution in [3.05, 3.63) is 65.0 Å². The molecule has 1 heterocycles. The van der Waals surface area contributed by atoms with Crippen molar-refractivity contribution in [2.45, 2.75) is 25.9 Å². The zero-order valence-electron chi connectivity index (χ0n) is 11.6. The van der Waals surface area contributed by atoms with E-state index in [0.29, 0.717) is 0 Å². The molecule has 0 fully saturated rings. The molecule has 0 bridgehead atoms. The van der Waals surface area contributed by atoms with Gasteiger partial charge in [-0.1, -0.05) is 24.3 Å². The fraction of sp³-hybridized carbons (Fsp3) is 0.294. The highest BCUT2D eigenvalue weighted by molar-refractivity contribution is 5.56. The Bertz CT molecular complexity index is 622. The lowest BCUT2D eigenvalue weighted by atomic mass is 9.97. The van der Waals surface area contributed by atoms with Crippen molar-refractivity contribution < 1.29 is 4.39 Å². The monoisotopic (exact) mass is 270 g/mol. The first kappa shape index (κ1) is 13.1. The first-order valence-electron chi connectivity index (χ1n) is 7.02. The van der Waals surface area contributed by atoms with Crippen molar-refractivity contribution in [3.8, 4) is 0 Å². The van der Waals surface area contributed by atoms with Crippen LogP contribution in [0.1, 0.15) is 29.7 Å². The third-order valence-corrected chi connectivity index (χ3v) is 3.95. The molecule has 1 aliphatic rings. The van der Waals surface area contributed by atoms with Gasteiger partial charge >= 0.3 is 0 Å². The molecule has 3 heteroatoms. The molecule has 0 saturated carbocycles. The van der Waals surface area contributed by atoms with Crippen LogP contribution in [-0.2, 0) is 13.0 Å². The molecule has 0 amide bonds. The van der Waals surface area contributed by atoms with E-state index in [2.05, 4.69) is 29.2 Å². The molecule has 3 rings (SSSR count). The van der Waals surface area contributed by atoms with Gasteiger partial charge in [-0.3, -0.25) is 0 Å². The molecule has 0 saturated heterocycles. The van der Waals surface area contributed by atoms with E-state index in [0.717, 1.165) is 30.8 Å². The van der Waals surface area contributed by atoms with Crippen LogP contribution in [0, 0.1) is 5.82 Å². The van der Waals surface area contributed by atoms with Crippen LogP contribution in [0.5, 0.6) is 0 Å². The molecule has 0 radical (unpaired) electrons. The van der Waals surface area contributed by atoms with Crippen LogP contribution in [0.4, 0.5) is 10.1 Å². The Morgan fingerprint density at radius 2 is 1.90 bits per heavy atom. The van der Waals surface area contributed by atoms with E-state index in [1.54, 1.807) is 6.07 Å². The Kier molecular flexibility index (Phi) is 3.45. The van der Waals surface area contributed by atoms with Crippen LogP contribution in [0.2, 0.25) is 0 Å². The zero-order chi connectivity index (χ0) is 14.1. The predicted octanol–water partition coefficient (Wildman–Crippen LogP) is 3.41. The van der Waals surface area contributed by atoms with Crippen molar-refractivity contribution in [2.24, 2.45) is 5.73 Å². The van der Waals surface area contributed by atoms with Crippen LogP contribution < -0.4 is 10.6 Å². The van der Waals surface area contributed by atoms with Crippen LogP contribution >= 0.6 is 0 Å². The maximum absolute atomic E-state index is 13.4. The second kappa shape index (κ2) is 5.25. The molecule has 2 nitrogen and oxygen atoms in total. The molecule has 1 atom stereocenters. The second-order valence-electron chi connectivity index (χ2n) is 5.43. The lowest BCUT2D eigenvalue weighted by Gasteiger charge is -2.33. The summed E-state index contributed by atoms with van der Waals surface area (Å²) in [5.74, 6) is -0.224. The summed E-state index contributed by atoms with van der Waals surface area (Å²) in [4.78, 5) is 2.29. The van der Waals surface area contributed by atoms with Gasteiger partial charge in [-0.2, -0.15) is 0 Å². The third-order valence-electron chi connectivity index (χ3n) is 3.95. The first-order valence-corrected chi connectivity index (χ1v) is 7.02. The Morgan fingerprint density at radius 3 is 2.65 bits per heavy atom. The van der Waals surface area contributed by atoms with E-state index in [1.807, 2.05) is 13.0 Å². The van der Waals surface area contributed by atoms with Gasteiger partial charge in [0, 0.05) is 24.8 Å². The van der Waals surface area contributed by atoms with Crippen molar-refractivity contribution in [1.82, 2.24) is 0 Å². The number of nitrogens with zero attached hydrogens (tertiary/aromatic N) is 1.